The van der Waals surface area contributed by atoms with E-state index >= 15 is 0 Å². The number of anilines is 1. The van der Waals surface area contributed by atoms with Crippen LogP contribution in [-0.4, -0.2) is 27.4 Å². The van der Waals surface area contributed by atoms with E-state index in [0.717, 1.165) is 25.1 Å². The zero-order valence-corrected chi connectivity index (χ0v) is 15.0. The van der Waals surface area contributed by atoms with Gasteiger partial charge in [-0.1, -0.05) is 29.8 Å². The highest BCUT2D eigenvalue weighted by Gasteiger charge is 2.20. The second-order valence-electron chi connectivity index (χ2n) is 5.76. The number of benzene rings is 2. The van der Waals surface area contributed by atoms with Crippen molar-refractivity contribution in [3.05, 3.63) is 59.1 Å². The first-order valence-electron chi connectivity index (χ1n) is 7.85. The first kappa shape index (κ1) is 17.7. The number of fused-ring (bicyclic) bond motifs is 1. The SMILES string of the molecule is O=C(CN1CCCc2ccccc21)NNS(=O)(=O)c1ccc(Cl)cc1. The summed E-state index contributed by atoms with van der Waals surface area (Å²) in [5, 5.41) is 0.437. The Kier molecular flexibility index (Phi) is 5.27. The molecule has 132 valence electrons. The van der Waals surface area contributed by atoms with Crippen LogP contribution in [-0.2, 0) is 21.2 Å². The molecule has 0 radical (unpaired) electrons. The molecule has 0 unspecified atom stereocenters. The van der Waals surface area contributed by atoms with Gasteiger partial charge >= 0.3 is 0 Å². The minimum Gasteiger partial charge on any atom is -0.362 e. The lowest BCUT2D eigenvalue weighted by atomic mass is 10.0. The van der Waals surface area contributed by atoms with Crippen LogP contribution in [0.15, 0.2) is 53.4 Å². The first-order valence-corrected chi connectivity index (χ1v) is 9.71. The number of hydrogen-bond acceptors (Lipinski definition) is 4. The number of rotatable bonds is 5. The Morgan fingerprint density at radius 2 is 1.84 bits per heavy atom. The Balaban J connectivity index is 1.61. The predicted molar refractivity (Wildman–Crippen MR) is 96.9 cm³/mol. The second kappa shape index (κ2) is 7.43. The van der Waals surface area contributed by atoms with Crippen LogP contribution in [0.1, 0.15) is 12.0 Å². The van der Waals surface area contributed by atoms with Gasteiger partial charge in [-0.25, -0.2) is 8.42 Å². The normalized spacial score (nSPS) is 14.0. The Labute approximate surface area is 151 Å². The highest BCUT2D eigenvalue weighted by Crippen LogP contribution is 2.26. The molecule has 8 heteroatoms. The smallest absolute Gasteiger partial charge is 0.257 e. The number of hydrazine groups is 1. The third-order valence-electron chi connectivity index (χ3n) is 3.99. The van der Waals surface area contributed by atoms with Crippen molar-refractivity contribution < 1.29 is 13.2 Å². The fraction of sp³-hybridized carbons (Fsp3) is 0.235. The topological polar surface area (TPSA) is 78.5 Å². The number of halogens is 1. The number of carbonyl (C=O) groups is 1. The van der Waals surface area contributed by atoms with Crippen molar-refractivity contribution in [3.63, 3.8) is 0 Å². The number of amides is 1. The standard InChI is InChI=1S/C17H18ClN3O3S/c18-14-7-9-15(10-8-14)25(23,24)20-19-17(22)12-21-11-3-5-13-4-1-2-6-16(13)21/h1-2,4,6-10,20H,3,5,11-12H2,(H,19,22). The fourth-order valence-electron chi connectivity index (χ4n) is 2.79. The third kappa shape index (κ3) is 4.31. The molecular weight excluding hydrogens is 362 g/mol. The summed E-state index contributed by atoms with van der Waals surface area (Å²) >= 11 is 5.75. The van der Waals surface area contributed by atoms with Gasteiger partial charge in [0, 0.05) is 17.3 Å². The molecule has 2 N–H and O–H groups in total. The number of aryl methyl sites for hydroxylation is 1. The molecule has 0 fully saturated rings. The minimum absolute atomic E-state index is 0.0283. The molecule has 1 aliphatic heterocycles. The number of hydrogen-bond donors (Lipinski definition) is 2. The van der Waals surface area contributed by atoms with E-state index < -0.39 is 15.9 Å². The molecule has 0 spiro atoms. The highest BCUT2D eigenvalue weighted by atomic mass is 35.5. The minimum atomic E-state index is -3.83. The summed E-state index contributed by atoms with van der Waals surface area (Å²) in [5.74, 6) is -0.422. The highest BCUT2D eigenvalue weighted by molar-refractivity contribution is 7.89. The van der Waals surface area contributed by atoms with Gasteiger partial charge in [-0.2, -0.15) is 0 Å². The Hall–Kier alpha value is -2.09. The second-order valence-corrected chi connectivity index (χ2v) is 7.88. The summed E-state index contributed by atoms with van der Waals surface area (Å²) in [7, 11) is -3.83. The first-order chi connectivity index (χ1) is 12.0. The van der Waals surface area contributed by atoms with Gasteiger partial charge in [0.15, 0.2) is 0 Å². The molecule has 2 aromatic carbocycles. The lowest BCUT2D eigenvalue weighted by Gasteiger charge is -2.30. The van der Waals surface area contributed by atoms with E-state index in [-0.39, 0.29) is 11.4 Å². The number of nitrogens with one attached hydrogen (secondary N) is 2. The van der Waals surface area contributed by atoms with Gasteiger partial charge in [0.05, 0.1) is 11.4 Å². The summed E-state index contributed by atoms with van der Waals surface area (Å²) in [6.45, 7) is 0.842. The molecule has 6 nitrogen and oxygen atoms in total. The maximum atomic E-state index is 12.2. The molecule has 0 bridgehead atoms. The van der Waals surface area contributed by atoms with Crippen molar-refractivity contribution in [2.45, 2.75) is 17.7 Å². The predicted octanol–water partition coefficient (Wildman–Crippen LogP) is 2.10. The zero-order valence-electron chi connectivity index (χ0n) is 13.4. The maximum absolute atomic E-state index is 12.2. The van der Waals surface area contributed by atoms with Crippen molar-refractivity contribution in [2.75, 3.05) is 18.0 Å². The molecule has 1 amide bonds. The summed E-state index contributed by atoms with van der Waals surface area (Å²) in [6, 6.07) is 13.6. The summed E-state index contributed by atoms with van der Waals surface area (Å²) in [6.07, 6.45) is 1.94. The van der Waals surface area contributed by atoms with E-state index in [0.29, 0.717) is 5.02 Å². The van der Waals surface area contributed by atoms with Crippen LogP contribution >= 0.6 is 11.6 Å². The van der Waals surface area contributed by atoms with Crippen LogP contribution in [0.5, 0.6) is 0 Å². The number of sulfonamides is 1. The lowest BCUT2D eigenvalue weighted by molar-refractivity contribution is -0.120. The van der Waals surface area contributed by atoms with Gasteiger partial charge in [0.2, 0.25) is 0 Å². The molecule has 1 heterocycles. The molecule has 2 aromatic rings. The maximum Gasteiger partial charge on any atom is 0.257 e. The van der Waals surface area contributed by atoms with Gasteiger partial charge in [0.1, 0.15) is 0 Å². The van der Waals surface area contributed by atoms with Crippen molar-refractivity contribution in [3.8, 4) is 0 Å². The van der Waals surface area contributed by atoms with Crippen LogP contribution in [0.3, 0.4) is 0 Å². The molecule has 0 atom stereocenters. The molecule has 0 aliphatic carbocycles. The molecule has 0 saturated heterocycles. The van der Waals surface area contributed by atoms with Gasteiger partial charge < -0.3 is 4.90 Å². The summed E-state index contributed by atoms with van der Waals surface area (Å²) in [4.78, 5) is 16.2. The quantitative estimate of drug-likeness (QED) is 0.780. The van der Waals surface area contributed by atoms with Crippen LogP contribution in [0.2, 0.25) is 5.02 Å². The summed E-state index contributed by atoms with van der Waals surface area (Å²) in [5.41, 5.74) is 4.48. The van der Waals surface area contributed by atoms with Crippen molar-refractivity contribution in [1.29, 1.82) is 0 Å². The molecule has 3 rings (SSSR count). The van der Waals surface area contributed by atoms with E-state index in [1.54, 1.807) is 0 Å². The van der Waals surface area contributed by atoms with Gasteiger partial charge in [0.25, 0.3) is 15.9 Å². The van der Waals surface area contributed by atoms with Crippen LogP contribution in [0.25, 0.3) is 0 Å². The van der Waals surface area contributed by atoms with E-state index in [4.69, 9.17) is 11.6 Å². The number of para-hydroxylation sites is 1. The Morgan fingerprint density at radius 1 is 1.12 bits per heavy atom. The van der Waals surface area contributed by atoms with Crippen molar-refractivity contribution in [1.82, 2.24) is 10.3 Å². The largest absolute Gasteiger partial charge is 0.362 e. The van der Waals surface area contributed by atoms with Gasteiger partial charge in [-0.3, -0.25) is 10.2 Å². The molecule has 0 saturated carbocycles. The average Bonchev–Trinajstić information content (AvgIpc) is 2.61. The Bertz CT molecular complexity index is 869. The molecular formula is C17H18ClN3O3S. The van der Waals surface area contributed by atoms with Crippen molar-refractivity contribution in [2.24, 2.45) is 0 Å². The molecule has 25 heavy (non-hydrogen) atoms. The Morgan fingerprint density at radius 3 is 2.60 bits per heavy atom. The van der Waals surface area contributed by atoms with E-state index in [1.807, 2.05) is 29.2 Å². The van der Waals surface area contributed by atoms with Gasteiger partial charge in [-0.15, -0.1) is 4.83 Å². The fourth-order valence-corrected chi connectivity index (χ4v) is 3.77. The number of carbonyl (C=O) groups excluding carboxylic acids is 1. The van der Waals surface area contributed by atoms with Crippen LogP contribution in [0, 0.1) is 0 Å². The van der Waals surface area contributed by atoms with E-state index in [9.17, 15) is 13.2 Å². The molecule has 1 aliphatic rings. The van der Waals surface area contributed by atoms with Gasteiger partial charge in [-0.05, 0) is 48.7 Å². The van der Waals surface area contributed by atoms with Crippen molar-refractivity contribution >= 4 is 33.2 Å². The van der Waals surface area contributed by atoms with Crippen LogP contribution < -0.4 is 15.2 Å². The van der Waals surface area contributed by atoms with Crippen LogP contribution in [0.4, 0.5) is 5.69 Å². The summed E-state index contributed by atoms with van der Waals surface area (Å²) < 4.78 is 24.3. The average molecular weight is 380 g/mol. The van der Waals surface area contributed by atoms with E-state index in [1.165, 1.54) is 29.8 Å². The lowest BCUT2D eigenvalue weighted by Crippen LogP contribution is -2.47. The third-order valence-corrected chi connectivity index (χ3v) is 5.51. The zero-order chi connectivity index (χ0) is 17.9. The molecule has 0 aromatic heterocycles. The monoisotopic (exact) mass is 379 g/mol. The van der Waals surface area contributed by atoms with E-state index in [2.05, 4.69) is 10.3 Å². The number of nitrogens with zero attached hydrogens (tertiary/aromatic N) is 1.